The Morgan fingerprint density at radius 3 is 2.18 bits per heavy atom. The number of para-hydroxylation sites is 1. The summed E-state index contributed by atoms with van der Waals surface area (Å²) >= 11 is 0. The fourth-order valence-electron chi connectivity index (χ4n) is 7.72. The maximum absolute atomic E-state index is 16.6. The molecule has 1 aromatic heterocycles. The van der Waals surface area contributed by atoms with Crippen LogP contribution in [0.25, 0.3) is 16.9 Å². The number of nitro benzene ring substituents is 1. The molecule has 21 heteroatoms. The van der Waals surface area contributed by atoms with Crippen LogP contribution in [-0.2, 0) is 62.6 Å². The number of hydrogen-bond donors (Lipinski definition) is 2. The highest BCUT2D eigenvalue weighted by Gasteiger charge is 2.44. The SMILES string of the molecule is CCOP(=O)(OCC)Oc1ccc(COC(=O)NC(=O)Nc2cc(F)c(-c3c4c(nn3-c3c(CC)cccc3CC)C(C)(C)N(Cc3ccc(C(F)(F)F)cc3C)C4)cc2F)cc1[N+](=O)[O-]. The van der Waals surface area contributed by atoms with E-state index in [1.165, 1.54) is 26.0 Å². The zero-order valence-electron chi connectivity index (χ0n) is 37.1. The van der Waals surface area contributed by atoms with Crippen molar-refractivity contribution in [2.75, 3.05) is 18.5 Å². The van der Waals surface area contributed by atoms with Crippen LogP contribution in [0.1, 0.15) is 86.2 Å². The lowest BCUT2D eigenvalue weighted by Gasteiger charge is -2.32. The Hall–Kier alpha value is -6.21. The molecule has 6 rings (SSSR count). The summed E-state index contributed by atoms with van der Waals surface area (Å²) in [7, 11) is -4.20. The van der Waals surface area contributed by atoms with Crippen LogP contribution in [0.3, 0.4) is 0 Å². The van der Waals surface area contributed by atoms with Gasteiger partial charge in [-0.05, 0) is 99.5 Å². The minimum atomic E-state index is -4.51. The van der Waals surface area contributed by atoms with Crippen molar-refractivity contribution in [2.24, 2.45) is 0 Å². The van der Waals surface area contributed by atoms with Gasteiger partial charge in [-0.3, -0.25) is 24.1 Å². The fourth-order valence-corrected chi connectivity index (χ4v) is 8.93. The molecule has 66 heavy (non-hydrogen) atoms. The average molecular weight is 943 g/mol. The smallest absolute Gasteiger partial charge is 0.444 e. The number of alkyl halides is 3. The molecule has 0 fully saturated rings. The third-order valence-corrected chi connectivity index (χ3v) is 12.6. The molecule has 0 saturated heterocycles. The van der Waals surface area contributed by atoms with Gasteiger partial charge in [0, 0.05) is 36.3 Å². The second-order valence-electron chi connectivity index (χ2n) is 15.7. The zero-order chi connectivity index (χ0) is 48.3. The molecule has 0 radical (unpaired) electrons. The number of benzene rings is 4. The van der Waals surface area contributed by atoms with Crippen LogP contribution in [0.5, 0.6) is 5.75 Å². The van der Waals surface area contributed by atoms with Gasteiger partial charge < -0.3 is 14.6 Å². The molecule has 0 saturated carbocycles. The van der Waals surface area contributed by atoms with Crippen LogP contribution in [0.2, 0.25) is 0 Å². The van der Waals surface area contributed by atoms with E-state index < -0.39 is 77.5 Å². The van der Waals surface area contributed by atoms with Crippen LogP contribution in [0.15, 0.2) is 66.7 Å². The molecule has 3 amide bonds. The van der Waals surface area contributed by atoms with E-state index >= 15 is 8.78 Å². The zero-order valence-corrected chi connectivity index (χ0v) is 38.0. The standard InChI is InChI=1S/C45H48F5N6O9P/c1-8-28-13-12-14-29(9-2)39(28)55-40(33-24-54(44(6,7)41(33)53-55)23-30-16-17-31(19-26(30)5)45(48,49)50)32-21-35(47)36(22-34(32)46)51-42(57)52-43(58)62-25-27-15-18-38(37(20-27)56(59)60)65-66(61,63-10-3)64-11-4/h12-22H,8-11,23-25H2,1-7H3,(H2,51,52,57,58). The number of anilines is 1. The molecule has 1 aliphatic rings. The van der Waals surface area contributed by atoms with Crippen molar-refractivity contribution < 1.29 is 59.3 Å². The van der Waals surface area contributed by atoms with E-state index in [2.05, 4.69) is 5.32 Å². The van der Waals surface area contributed by atoms with Crippen LogP contribution in [0.4, 0.5) is 42.9 Å². The highest BCUT2D eigenvalue weighted by Crippen LogP contribution is 2.51. The minimum absolute atomic E-state index is 0.0653. The predicted octanol–water partition coefficient (Wildman–Crippen LogP) is 11.4. The summed E-state index contributed by atoms with van der Waals surface area (Å²) in [6.07, 6.45) is -4.68. The number of nitro groups is 1. The Morgan fingerprint density at radius 1 is 0.924 bits per heavy atom. The Kier molecular flexibility index (Phi) is 14.7. The number of nitrogens with one attached hydrogen (secondary N) is 2. The number of imide groups is 1. The van der Waals surface area contributed by atoms with E-state index in [1.807, 2.05) is 56.1 Å². The molecule has 0 aliphatic carbocycles. The molecule has 0 atom stereocenters. The minimum Gasteiger partial charge on any atom is -0.444 e. The summed E-state index contributed by atoms with van der Waals surface area (Å²) in [5, 5.41) is 20.8. The number of aryl methyl sites for hydroxylation is 3. The maximum atomic E-state index is 16.6. The van der Waals surface area contributed by atoms with Gasteiger partial charge in [0.05, 0.1) is 52.0 Å². The molecule has 0 bridgehead atoms. The third-order valence-electron chi connectivity index (χ3n) is 11.1. The number of fused-ring (bicyclic) bond motifs is 1. The van der Waals surface area contributed by atoms with Gasteiger partial charge in [0.25, 0.3) is 0 Å². The monoisotopic (exact) mass is 942 g/mol. The van der Waals surface area contributed by atoms with Crippen LogP contribution in [-0.4, -0.2) is 44.9 Å². The molecule has 352 valence electrons. The van der Waals surface area contributed by atoms with E-state index in [9.17, 15) is 37.4 Å². The fraction of sp³-hybridized carbons (Fsp3) is 0.356. The summed E-state index contributed by atoms with van der Waals surface area (Å²) in [4.78, 5) is 38.4. The number of ether oxygens (including phenoxy) is 1. The number of hydrogen-bond acceptors (Lipinski definition) is 11. The van der Waals surface area contributed by atoms with Gasteiger partial charge in [-0.25, -0.2) is 32.9 Å². The summed E-state index contributed by atoms with van der Waals surface area (Å²) in [5.74, 6) is -2.47. The first-order chi connectivity index (χ1) is 31.1. The van der Waals surface area contributed by atoms with Crippen LogP contribution < -0.4 is 15.2 Å². The van der Waals surface area contributed by atoms with Crippen molar-refractivity contribution in [1.29, 1.82) is 0 Å². The van der Waals surface area contributed by atoms with Gasteiger partial charge >= 0.3 is 31.8 Å². The van der Waals surface area contributed by atoms with Crippen molar-refractivity contribution in [1.82, 2.24) is 20.0 Å². The number of amides is 3. The lowest BCUT2D eigenvalue weighted by Crippen LogP contribution is -2.36. The predicted molar refractivity (Wildman–Crippen MR) is 233 cm³/mol. The van der Waals surface area contributed by atoms with E-state index in [0.29, 0.717) is 40.9 Å². The second-order valence-corrected chi connectivity index (χ2v) is 17.3. The Morgan fingerprint density at radius 2 is 1.59 bits per heavy atom. The van der Waals surface area contributed by atoms with Gasteiger partial charge in [-0.15, -0.1) is 0 Å². The average Bonchev–Trinajstić information content (AvgIpc) is 3.74. The molecule has 1 aliphatic heterocycles. The van der Waals surface area contributed by atoms with E-state index in [-0.39, 0.29) is 43.1 Å². The Labute approximate surface area is 376 Å². The topological polar surface area (TPSA) is 176 Å². The van der Waals surface area contributed by atoms with Crippen molar-refractivity contribution in [3.63, 3.8) is 0 Å². The summed E-state index contributed by atoms with van der Waals surface area (Å²) in [6.45, 7) is 12.0. The number of phosphoric acid groups is 1. The Bertz CT molecular complexity index is 2690. The molecule has 15 nitrogen and oxygen atoms in total. The number of halogens is 5. The summed E-state index contributed by atoms with van der Waals surface area (Å²) < 4.78 is 108. The van der Waals surface area contributed by atoms with Crippen molar-refractivity contribution >= 4 is 31.3 Å². The molecule has 0 unspecified atom stereocenters. The largest absolute Gasteiger partial charge is 0.530 e. The van der Waals surface area contributed by atoms with Gasteiger partial charge in [0.15, 0.2) is 0 Å². The van der Waals surface area contributed by atoms with Crippen LogP contribution >= 0.6 is 7.82 Å². The number of urea groups is 1. The van der Waals surface area contributed by atoms with Gasteiger partial charge in [-0.2, -0.15) is 18.3 Å². The Balaban J connectivity index is 1.25. The van der Waals surface area contributed by atoms with E-state index in [0.717, 1.165) is 47.5 Å². The number of rotatable bonds is 16. The first-order valence-electron chi connectivity index (χ1n) is 20.9. The molecule has 0 spiro atoms. The number of carbonyl (C=O) groups excluding carboxylic acids is 2. The number of nitrogens with zero attached hydrogens (tertiary/aromatic N) is 4. The number of phosphoric ester groups is 1. The summed E-state index contributed by atoms with van der Waals surface area (Å²) in [5.41, 5.74) is 1.94. The highest BCUT2D eigenvalue weighted by atomic mass is 31.2. The highest BCUT2D eigenvalue weighted by molar-refractivity contribution is 7.48. The second kappa shape index (κ2) is 19.7. The number of alkyl carbamates (subject to hydrolysis) is 1. The van der Waals surface area contributed by atoms with Crippen molar-refractivity contribution in [2.45, 2.75) is 92.7 Å². The third kappa shape index (κ3) is 10.4. The van der Waals surface area contributed by atoms with Gasteiger partial charge in [0.2, 0.25) is 5.75 Å². The maximum Gasteiger partial charge on any atom is 0.530 e. The molecular weight excluding hydrogens is 894 g/mol. The van der Waals surface area contributed by atoms with E-state index in [4.69, 9.17) is 23.4 Å². The van der Waals surface area contributed by atoms with Gasteiger partial charge in [-0.1, -0.05) is 44.2 Å². The first kappa shape index (κ1) is 49.2. The lowest BCUT2D eigenvalue weighted by molar-refractivity contribution is -0.385. The number of carbonyl (C=O) groups is 2. The molecule has 5 aromatic rings. The quantitative estimate of drug-likeness (QED) is 0.0416. The van der Waals surface area contributed by atoms with Crippen LogP contribution in [0, 0.1) is 28.7 Å². The normalized spacial score (nSPS) is 13.6. The number of aromatic nitrogens is 2. The van der Waals surface area contributed by atoms with Crippen molar-refractivity contribution in [3.05, 3.63) is 133 Å². The molecular formula is C45H48F5N6O9P. The van der Waals surface area contributed by atoms with E-state index in [1.54, 1.807) is 11.6 Å². The lowest BCUT2D eigenvalue weighted by atomic mass is 9.97. The summed E-state index contributed by atoms with van der Waals surface area (Å²) in [6, 6.07) is 13.0. The first-order valence-corrected chi connectivity index (χ1v) is 22.4. The van der Waals surface area contributed by atoms with Gasteiger partial charge in [0.1, 0.15) is 18.2 Å². The molecule has 2 N–H and O–H groups in total. The van der Waals surface area contributed by atoms with Crippen molar-refractivity contribution in [3.8, 4) is 22.7 Å². The molecule has 4 aromatic carbocycles. The molecule has 2 heterocycles.